The molecule has 0 aromatic rings. The van der Waals surface area contributed by atoms with Crippen molar-refractivity contribution in [1.29, 1.82) is 0 Å². The van der Waals surface area contributed by atoms with Crippen molar-refractivity contribution in [2.24, 2.45) is 0 Å². The third-order valence-corrected chi connectivity index (χ3v) is 4.10. The van der Waals surface area contributed by atoms with Gasteiger partial charge in [-0.3, -0.25) is 0 Å². The molecule has 0 aromatic heterocycles. The van der Waals surface area contributed by atoms with Crippen LogP contribution in [-0.4, -0.2) is 33.7 Å². The molecule has 6 heteroatoms. The predicted octanol–water partition coefficient (Wildman–Crippen LogP) is 1.04. The van der Waals surface area contributed by atoms with Gasteiger partial charge in [0, 0.05) is 24.9 Å². The first-order chi connectivity index (χ1) is 6.48. The molecule has 0 N–H and O–H groups in total. The zero-order valence-corrected chi connectivity index (χ0v) is 9.38. The first kappa shape index (κ1) is 11.7. The minimum absolute atomic E-state index is 0.736. The maximum absolute atomic E-state index is 11.4. The summed E-state index contributed by atoms with van der Waals surface area (Å²) in [6, 6.07) is 0. The molecule has 0 amide bonds. The third-order valence-electron chi connectivity index (χ3n) is 2.08. The van der Waals surface area contributed by atoms with E-state index in [2.05, 4.69) is 0 Å². The number of hydrogen-bond acceptors (Lipinski definition) is 4. The lowest BCUT2D eigenvalue weighted by molar-refractivity contribution is -0.0128. The molecule has 0 heterocycles. The lowest BCUT2D eigenvalue weighted by atomic mass is 10.1. The van der Waals surface area contributed by atoms with Gasteiger partial charge in [-0.2, -0.15) is 0 Å². The van der Waals surface area contributed by atoms with Crippen LogP contribution >= 0.6 is 10.7 Å². The number of ether oxygens (including phenoxy) is 2. The van der Waals surface area contributed by atoms with Crippen LogP contribution in [-0.2, 0) is 18.5 Å². The lowest BCUT2D eigenvalue weighted by Gasteiger charge is -2.32. The van der Waals surface area contributed by atoms with Gasteiger partial charge in [-0.1, -0.05) is 18.2 Å². The fourth-order valence-electron chi connectivity index (χ4n) is 1.33. The molecule has 80 valence electrons. The van der Waals surface area contributed by atoms with E-state index < -0.39 is 20.1 Å². The fourth-order valence-corrected chi connectivity index (χ4v) is 2.83. The van der Waals surface area contributed by atoms with E-state index in [9.17, 15) is 8.42 Å². The standard InChI is InChI=1S/C8H11ClO4S/c1-12-7-5-3-4-6-8(7,13-2)14(9,10)11/h3-7H,1-2H3. The summed E-state index contributed by atoms with van der Waals surface area (Å²) in [6.07, 6.45) is 5.43. The number of allylic oxidation sites excluding steroid dienone is 2. The average molecular weight is 239 g/mol. The van der Waals surface area contributed by atoms with Crippen LogP contribution in [0.2, 0.25) is 0 Å². The quantitative estimate of drug-likeness (QED) is 0.690. The SMILES string of the molecule is COC1C=CC=CC1(OC)S(=O)(=O)Cl. The monoisotopic (exact) mass is 238 g/mol. The van der Waals surface area contributed by atoms with Gasteiger partial charge in [0.25, 0.3) is 9.05 Å². The summed E-state index contributed by atoms with van der Waals surface area (Å²) in [7, 11) is 4.08. The van der Waals surface area contributed by atoms with Gasteiger partial charge in [0.1, 0.15) is 6.10 Å². The van der Waals surface area contributed by atoms with Crippen molar-refractivity contribution in [2.75, 3.05) is 14.2 Å². The minimum Gasteiger partial charge on any atom is -0.373 e. The smallest absolute Gasteiger partial charge is 0.269 e. The van der Waals surface area contributed by atoms with Gasteiger partial charge >= 0.3 is 0 Å². The highest BCUT2D eigenvalue weighted by Gasteiger charge is 2.48. The number of methoxy groups -OCH3 is 2. The van der Waals surface area contributed by atoms with Crippen molar-refractivity contribution in [1.82, 2.24) is 0 Å². The Balaban J connectivity index is 3.23. The first-order valence-electron chi connectivity index (χ1n) is 3.86. The van der Waals surface area contributed by atoms with Gasteiger partial charge in [-0.05, 0) is 6.08 Å². The summed E-state index contributed by atoms with van der Waals surface area (Å²) >= 11 is 0. The Morgan fingerprint density at radius 1 is 1.36 bits per heavy atom. The van der Waals surface area contributed by atoms with Crippen molar-refractivity contribution >= 4 is 19.7 Å². The number of halogens is 1. The van der Waals surface area contributed by atoms with E-state index in [1.54, 1.807) is 18.2 Å². The third kappa shape index (κ3) is 1.72. The normalized spacial score (nSPS) is 32.1. The van der Waals surface area contributed by atoms with Crippen LogP contribution in [0, 0.1) is 0 Å². The summed E-state index contributed by atoms with van der Waals surface area (Å²) in [4.78, 5) is -1.63. The Morgan fingerprint density at radius 2 is 2.00 bits per heavy atom. The molecule has 0 saturated carbocycles. The molecule has 0 radical (unpaired) electrons. The van der Waals surface area contributed by atoms with Crippen molar-refractivity contribution in [3.63, 3.8) is 0 Å². The summed E-state index contributed by atoms with van der Waals surface area (Å²) in [5, 5.41) is 0. The molecular formula is C8H11ClO4S. The molecule has 2 atom stereocenters. The second-order valence-electron chi connectivity index (χ2n) is 2.76. The Kier molecular flexibility index (Phi) is 3.36. The average Bonchev–Trinajstić information content (AvgIpc) is 2.15. The fraction of sp³-hybridized carbons (Fsp3) is 0.500. The van der Waals surface area contributed by atoms with Gasteiger partial charge in [0.05, 0.1) is 0 Å². The van der Waals surface area contributed by atoms with E-state index >= 15 is 0 Å². The lowest BCUT2D eigenvalue weighted by Crippen LogP contribution is -2.48. The summed E-state index contributed by atoms with van der Waals surface area (Å²) in [5.74, 6) is 0. The van der Waals surface area contributed by atoms with Crippen molar-refractivity contribution < 1.29 is 17.9 Å². The molecule has 0 aliphatic heterocycles. The summed E-state index contributed by atoms with van der Waals surface area (Å²) in [6.45, 7) is 0. The first-order valence-corrected chi connectivity index (χ1v) is 6.17. The summed E-state index contributed by atoms with van der Waals surface area (Å²) < 4.78 is 32.7. The van der Waals surface area contributed by atoms with Crippen molar-refractivity contribution in [3.8, 4) is 0 Å². The molecule has 0 bridgehead atoms. The second kappa shape index (κ2) is 4.02. The molecule has 0 spiro atoms. The molecule has 0 fully saturated rings. The van der Waals surface area contributed by atoms with Crippen LogP contribution in [0.15, 0.2) is 24.3 Å². The highest BCUT2D eigenvalue weighted by atomic mass is 35.7. The molecule has 1 aliphatic carbocycles. The number of hydrogen-bond donors (Lipinski definition) is 0. The van der Waals surface area contributed by atoms with Crippen LogP contribution in [0.1, 0.15) is 0 Å². The van der Waals surface area contributed by atoms with E-state index in [1.165, 1.54) is 20.3 Å². The molecule has 1 aliphatic rings. The van der Waals surface area contributed by atoms with E-state index in [0.29, 0.717) is 0 Å². The Bertz CT molecular complexity index is 360. The molecule has 1 rings (SSSR count). The van der Waals surface area contributed by atoms with Crippen molar-refractivity contribution in [2.45, 2.75) is 11.0 Å². The van der Waals surface area contributed by atoms with Gasteiger partial charge in [0.15, 0.2) is 0 Å². The molecular weight excluding hydrogens is 228 g/mol. The zero-order chi connectivity index (χ0) is 10.8. The molecule has 0 aromatic carbocycles. The maximum atomic E-state index is 11.4. The largest absolute Gasteiger partial charge is 0.373 e. The molecule has 2 unspecified atom stereocenters. The topological polar surface area (TPSA) is 52.6 Å². The van der Waals surface area contributed by atoms with Gasteiger partial charge in [0.2, 0.25) is 4.93 Å². The van der Waals surface area contributed by atoms with Crippen LogP contribution in [0.5, 0.6) is 0 Å². The van der Waals surface area contributed by atoms with Crippen LogP contribution in [0.4, 0.5) is 0 Å². The van der Waals surface area contributed by atoms with E-state index in [-0.39, 0.29) is 0 Å². The van der Waals surface area contributed by atoms with Crippen LogP contribution < -0.4 is 0 Å². The molecule has 0 saturated heterocycles. The zero-order valence-electron chi connectivity index (χ0n) is 7.81. The Morgan fingerprint density at radius 3 is 2.36 bits per heavy atom. The second-order valence-corrected chi connectivity index (χ2v) is 5.50. The van der Waals surface area contributed by atoms with E-state index in [4.69, 9.17) is 20.2 Å². The van der Waals surface area contributed by atoms with Crippen molar-refractivity contribution in [3.05, 3.63) is 24.3 Å². The highest BCUT2D eigenvalue weighted by molar-refractivity contribution is 8.14. The Hall–Kier alpha value is -0.360. The highest BCUT2D eigenvalue weighted by Crippen LogP contribution is 2.32. The minimum atomic E-state index is -3.91. The molecule has 14 heavy (non-hydrogen) atoms. The maximum Gasteiger partial charge on any atom is 0.269 e. The molecule has 4 nitrogen and oxygen atoms in total. The van der Waals surface area contributed by atoms with E-state index in [1.807, 2.05) is 0 Å². The van der Waals surface area contributed by atoms with Crippen LogP contribution in [0.3, 0.4) is 0 Å². The van der Waals surface area contributed by atoms with E-state index in [0.717, 1.165) is 0 Å². The van der Waals surface area contributed by atoms with Gasteiger partial charge < -0.3 is 9.47 Å². The predicted molar refractivity (Wildman–Crippen MR) is 53.6 cm³/mol. The number of rotatable bonds is 3. The van der Waals surface area contributed by atoms with Crippen LogP contribution in [0.25, 0.3) is 0 Å². The van der Waals surface area contributed by atoms with Gasteiger partial charge in [-0.15, -0.1) is 0 Å². The summed E-state index contributed by atoms with van der Waals surface area (Å²) in [5.41, 5.74) is 0. The Labute approximate surface area is 87.6 Å². The van der Waals surface area contributed by atoms with Gasteiger partial charge in [-0.25, -0.2) is 8.42 Å².